The third kappa shape index (κ3) is 4.59. The van der Waals surface area contributed by atoms with E-state index in [0.717, 1.165) is 28.6 Å². The van der Waals surface area contributed by atoms with E-state index in [2.05, 4.69) is 20.7 Å². The van der Waals surface area contributed by atoms with Crippen molar-refractivity contribution in [3.05, 3.63) is 38.8 Å². The molecule has 0 spiro atoms. The number of thiazole rings is 1. The van der Waals surface area contributed by atoms with Crippen LogP contribution in [-0.4, -0.2) is 43.2 Å². The van der Waals surface area contributed by atoms with Crippen molar-refractivity contribution in [1.82, 2.24) is 15.2 Å². The van der Waals surface area contributed by atoms with Crippen LogP contribution in [0.15, 0.2) is 22.5 Å². The molecular weight excluding hydrogens is 372 g/mol. The highest BCUT2D eigenvalue weighted by atomic mass is 35.5. The van der Waals surface area contributed by atoms with E-state index in [1.807, 2.05) is 31.0 Å². The minimum absolute atomic E-state index is 0.572. The number of benzene rings is 1. The van der Waals surface area contributed by atoms with E-state index in [1.165, 1.54) is 0 Å². The van der Waals surface area contributed by atoms with Crippen molar-refractivity contribution in [2.24, 2.45) is 4.99 Å². The molecule has 1 aromatic carbocycles. The van der Waals surface area contributed by atoms with Crippen LogP contribution in [0.3, 0.4) is 0 Å². The van der Waals surface area contributed by atoms with Gasteiger partial charge in [0.25, 0.3) is 0 Å². The first-order valence-electron chi connectivity index (χ1n) is 8.47. The summed E-state index contributed by atoms with van der Waals surface area (Å²) in [6, 6.07) is 3.87. The fourth-order valence-electron chi connectivity index (χ4n) is 2.75. The van der Waals surface area contributed by atoms with Crippen LogP contribution >= 0.6 is 22.9 Å². The van der Waals surface area contributed by atoms with E-state index in [1.54, 1.807) is 18.4 Å². The van der Waals surface area contributed by atoms with Gasteiger partial charge in [0.2, 0.25) is 0 Å². The number of nitrogens with zero attached hydrogens (tertiary/aromatic N) is 3. The maximum Gasteiger partial charge on any atom is 0.194 e. The maximum atomic E-state index is 6.36. The Hall–Kier alpha value is -1.99. The monoisotopic (exact) mass is 394 g/mol. The number of rotatable bonds is 4. The minimum Gasteiger partial charge on any atom is -0.489 e. The zero-order chi connectivity index (χ0) is 18.5. The lowest BCUT2D eigenvalue weighted by Crippen LogP contribution is -2.38. The summed E-state index contributed by atoms with van der Waals surface area (Å²) in [7, 11) is 3.76. The van der Waals surface area contributed by atoms with Crippen LogP contribution < -0.4 is 14.8 Å². The van der Waals surface area contributed by atoms with Gasteiger partial charge in [-0.15, -0.1) is 11.3 Å². The number of fused-ring (bicyclic) bond motifs is 1. The summed E-state index contributed by atoms with van der Waals surface area (Å²) in [5.41, 5.74) is 2.05. The highest BCUT2D eigenvalue weighted by molar-refractivity contribution is 7.09. The summed E-state index contributed by atoms with van der Waals surface area (Å²) in [5, 5.41) is 7.07. The van der Waals surface area contributed by atoms with Crippen LogP contribution in [0.4, 0.5) is 0 Å². The summed E-state index contributed by atoms with van der Waals surface area (Å²) in [5.74, 6) is 2.13. The number of halogens is 1. The molecule has 1 N–H and O–H groups in total. The molecule has 6 nitrogen and oxygen atoms in total. The van der Waals surface area contributed by atoms with Crippen molar-refractivity contribution in [3.8, 4) is 11.5 Å². The predicted octanol–water partition coefficient (Wildman–Crippen LogP) is 3.47. The van der Waals surface area contributed by atoms with Gasteiger partial charge in [-0.2, -0.15) is 0 Å². The molecule has 3 rings (SSSR count). The smallest absolute Gasteiger partial charge is 0.194 e. The Balaban J connectivity index is 1.65. The first-order chi connectivity index (χ1) is 12.6. The fourth-order valence-corrected chi connectivity index (χ4v) is 3.64. The van der Waals surface area contributed by atoms with Crippen LogP contribution in [0.2, 0.25) is 5.02 Å². The lowest BCUT2D eigenvalue weighted by molar-refractivity contribution is 0.297. The lowest BCUT2D eigenvalue weighted by Gasteiger charge is -2.21. The van der Waals surface area contributed by atoms with Crippen LogP contribution in [0, 0.1) is 6.92 Å². The molecule has 8 heteroatoms. The summed E-state index contributed by atoms with van der Waals surface area (Å²) in [6.07, 6.45) is 0.853. The Labute approximate surface area is 162 Å². The van der Waals surface area contributed by atoms with Crippen molar-refractivity contribution in [1.29, 1.82) is 0 Å². The lowest BCUT2D eigenvalue weighted by atomic mass is 10.2. The fraction of sp³-hybridized carbons (Fsp3) is 0.444. The second kappa shape index (κ2) is 8.60. The Kier molecular flexibility index (Phi) is 6.21. The number of hydrogen-bond acceptors (Lipinski definition) is 5. The van der Waals surface area contributed by atoms with Gasteiger partial charge in [-0.1, -0.05) is 11.6 Å². The van der Waals surface area contributed by atoms with Gasteiger partial charge in [-0.25, -0.2) is 4.98 Å². The SMILES string of the molecule is CN=C(NCc1cc(Cl)c2c(c1)OCCCO2)N(C)Cc1csc(C)n1. The minimum atomic E-state index is 0.572. The van der Waals surface area contributed by atoms with Crippen LogP contribution in [0.5, 0.6) is 11.5 Å². The number of aliphatic imine (C=N–C) groups is 1. The van der Waals surface area contributed by atoms with Crippen molar-refractivity contribution in [2.75, 3.05) is 27.3 Å². The van der Waals surface area contributed by atoms with Crippen molar-refractivity contribution >= 4 is 28.9 Å². The molecule has 0 radical (unpaired) electrons. The summed E-state index contributed by atoms with van der Waals surface area (Å²) < 4.78 is 11.4. The number of guanidine groups is 1. The molecule has 0 bridgehead atoms. The van der Waals surface area contributed by atoms with Gasteiger partial charge in [0.15, 0.2) is 17.5 Å². The number of nitrogens with one attached hydrogen (secondary N) is 1. The number of aryl methyl sites for hydroxylation is 1. The zero-order valence-corrected chi connectivity index (χ0v) is 16.8. The van der Waals surface area contributed by atoms with Gasteiger partial charge in [0, 0.05) is 32.4 Å². The second-order valence-electron chi connectivity index (χ2n) is 6.07. The molecule has 0 unspecified atom stereocenters. The van der Waals surface area contributed by atoms with E-state index < -0.39 is 0 Å². The van der Waals surface area contributed by atoms with Crippen molar-refractivity contribution in [2.45, 2.75) is 26.4 Å². The normalized spacial score (nSPS) is 14.1. The topological polar surface area (TPSA) is 59.0 Å². The van der Waals surface area contributed by atoms with Gasteiger partial charge in [0.05, 0.1) is 35.5 Å². The number of aromatic nitrogens is 1. The highest BCUT2D eigenvalue weighted by Crippen LogP contribution is 2.37. The van der Waals surface area contributed by atoms with Gasteiger partial charge < -0.3 is 19.7 Å². The molecular formula is C18H23ClN4O2S. The quantitative estimate of drug-likeness (QED) is 0.635. The van der Waals surface area contributed by atoms with Gasteiger partial charge in [-0.3, -0.25) is 4.99 Å². The Morgan fingerprint density at radius 2 is 2.19 bits per heavy atom. The Morgan fingerprint density at radius 1 is 1.38 bits per heavy atom. The molecule has 1 aromatic heterocycles. The third-order valence-electron chi connectivity index (χ3n) is 3.95. The molecule has 2 heterocycles. The summed E-state index contributed by atoms with van der Waals surface area (Å²) in [6.45, 7) is 4.56. The predicted molar refractivity (Wildman–Crippen MR) is 106 cm³/mol. The van der Waals surface area contributed by atoms with Gasteiger partial charge in [0.1, 0.15) is 0 Å². The molecule has 0 aliphatic carbocycles. The maximum absolute atomic E-state index is 6.36. The molecule has 26 heavy (non-hydrogen) atoms. The zero-order valence-electron chi connectivity index (χ0n) is 15.2. The molecule has 0 fully saturated rings. The van der Waals surface area contributed by atoms with E-state index in [4.69, 9.17) is 21.1 Å². The average Bonchev–Trinajstić information content (AvgIpc) is 2.87. The van der Waals surface area contributed by atoms with Crippen molar-refractivity contribution in [3.63, 3.8) is 0 Å². The highest BCUT2D eigenvalue weighted by Gasteiger charge is 2.16. The van der Waals surface area contributed by atoms with Crippen LogP contribution in [0.25, 0.3) is 0 Å². The standard InChI is InChI=1S/C18H23ClN4O2S/c1-12-22-14(11-26-12)10-23(3)18(20-2)21-9-13-7-15(19)17-16(8-13)24-5-4-6-25-17/h7-8,11H,4-6,9-10H2,1-3H3,(H,20,21). The van der Waals surface area contributed by atoms with Crippen LogP contribution in [-0.2, 0) is 13.1 Å². The number of ether oxygens (including phenoxy) is 2. The van der Waals surface area contributed by atoms with E-state index in [-0.39, 0.29) is 0 Å². The van der Waals surface area contributed by atoms with E-state index >= 15 is 0 Å². The summed E-state index contributed by atoms with van der Waals surface area (Å²) >= 11 is 8.01. The van der Waals surface area contributed by atoms with Crippen molar-refractivity contribution < 1.29 is 9.47 Å². The Bertz CT molecular complexity index is 793. The first-order valence-corrected chi connectivity index (χ1v) is 9.73. The second-order valence-corrected chi connectivity index (χ2v) is 7.54. The average molecular weight is 395 g/mol. The number of hydrogen-bond donors (Lipinski definition) is 1. The molecule has 2 aromatic rings. The largest absolute Gasteiger partial charge is 0.489 e. The Morgan fingerprint density at radius 3 is 2.92 bits per heavy atom. The molecule has 1 aliphatic rings. The summed E-state index contributed by atoms with van der Waals surface area (Å²) in [4.78, 5) is 10.9. The van der Waals surface area contributed by atoms with E-state index in [0.29, 0.717) is 42.8 Å². The van der Waals surface area contributed by atoms with Gasteiger partial charge in [-0.05, 0) is 24.6 Å². The van der Waals surface area contributed by atoms with Gasteiger partial charge >= 0.3 is 0 Å². The molecule has 0 saturated heterocycles. The molecule has 140 valence electrons. The van der Waals surface area contributed by atoms with E-state index in [9.17, 15) is 0 Å². The molecule has 1 aliphatic heterocycles. The molecule has 0 amide bonds. The molecule has 0 saturated carbocycles. The first kappa shape index (κ1) is 18.8. The third-order valence-corrected chi connectivity index (χ3v) is 5.05. The van der Waals surface area contributed by atoms with Crippen LogP contribution in [0.1, 0.15) is 22.7 Å². The molecule has 0 atom stereocenters.